The summed E-state index contributed by atoms with van der Waals surface area (Å²) in [4.78, 5) is 4.29. The average molecular weight is 284 g/mol. The number of thioether (sulfide) groups is 1. The van der Waals surface area contributed by atoms with Crippen molar-refractivity contribution in [3.8, 4) is 17.6 Å². The Morgan fingerprint density at radius 3 is 2.90 bits per heavy atom. The molecule has 1 heterocycles. The number of rotatable bonds is 4. The van der Waals surface area contributed by atoms with Crippen molar-refractivity contribution in [3.05, 3.63) is 53.7 Å². The number of pyridine rings is 1. The number of aromatic nitrogens is 1. The van der Waals surface area contributed by atoms with E-state index in [0.29, 0.717) is 6.54 Å². The summed E-state index contributed by atoms with van der Waals surface area (Å²) in [5.74, 6) is 7.52. The molecule has 0 radical (unpaired) electrons. The van der Waals surface area contributed by atoms with Crippen molar-refractivity contribution in [2.24, 2.45) is 5.73 Å². The van der Waals surface area contributed by atoms with Crippen LogP contribution in [0.5, 0.6) is 5.75 Å². The van der Waals surface area contributed by atoms with Gasteiger partial charge in [-0.15, -0.1) is 11.8 Å². The van der Waals surface area contributed by atoms with Crippen molar-refractivity contribution in [1.29, 1.82) is 0 Å². The first-order valence-corrected chi connectivity index (χ1v) is 7.21. The Bertz CT molecular complexity index is 617. The second-order valence-corrected chi connectivity index (χ2v) is 4.99. The van der Waals surface area contributed by atoms with E-state index in [9.17, 15) is 0 Å². The van der Waals surface area contributed by atoms with Crippen molar-refractivity contribution in [2.75, 3.05) is 13.7 Å². The van der Waals surface area contributed by atoms with Gasteiger partial charge in [0.05, 0.1) is 24.2 Å². The van der Waals surface area contributed by atoms with Crippen molar-refractivity contribution < 1.29 is 4.74 Å². The molecule has 0 aliphatic rings. The van der Waals surface area contributed by atoms with Gasteiger partial charge in [-0.3, -0.25) is 0 Å². The van der Waals surface area contributed by atoms with Gasteiger partial charge in [-0.1, -0.05) is 24.0 Å². The fourth-order valence-electron chi connectivity index (χ4n) is 1.68. The van der Waals surface area contributed by atoms with E-state index in [1.807, 2.05) is 36.4 Å². The standard InChI is InChI=1S/C16H16N2OS/c1-19-15-8-7-13(11-14(15)5-4-9-17)12-20-16-6-2-3-10-18-16/h2-3,6-8,10-11H,9,12,17H2,1H3. The highest BCUT2D eigenvalue weighted by atomic mass is 32.2. The molecule has 0 fully saturated rings. The largest absolute Gasteiger partial charge is 0.495 e. The molecule has 102 valence electrons. The molecule has 3 nitrogen and oxygen atoms in total. The van der Waals surface area contributed by atoms with Crippen LogP contribution in [0.3, 0.4) is 0 Å². The van der Waals surface area contributed by atoms with Crippen LogP contribution in [0.25, 0.3) is 0 Å². The molecule has 1 aromatic heterocycles. The Hall–Kier alpha value is -1.96. The maximum atomic E-state index is 5.41. The third kappa shape index (κ3) is 4.02. The Morgan fingerprint density at radius 1 is 1.30 bits per heavy atom. The maximum absolute atomic E-state index is 5.41. The number of methoxy groups -OCH3 is 1. The van der Waals surface area contributed by atoms with Crippen LogP contribution in [0, 0.1) is 11.8 Å². The lowest BCUT2D eigenvalue weighted by atomic mass is 10.1. The van der Waals surface area contributed by atoms with E-state index in [2.05, 4.69) is 16.8 Å². The smallest absolute Gasteiger partial charge is 0.134 e. The summed E-state index contributed by atoms with van der Waals surface area (Å²) in [6.45, 7) is 0.343. The number of nitrogens with zero attached hydrogens (tertiary/aromatic N) is 1. The zero-order valence-corrected chi connectivity index (χ0v) is 12.1. The van der Waals surface area contributed by atoms with Crippen molar-refractivity contribution >= 4 is 11.8 Å². The van der Waals surface area contributed by atoms with E-state index in [0.717, 1.165) is 22.1 Å². The predicted octanol–water partition coefficient (Wildman–Crippen LogP) is 2.69. The van der Waals surface area contributed by atoms with E-state index in [1.165, 1.54) is 5.56 Å². The highest BCUT2D eigenvalue weighted by molar-refractivity contribution is 7.98. The molecule has 0 aliphatic heterocycles. The fourth-order valence-corrected chi connectivity index (χ4v) is 2.48. The van der Waals surface area contributed by atoms with Crippen LogP contribution in [0.1, 0.15) is 11.1 Å². The molecule has 0 amide bonds. The molecule has 1 aromatic carbocycles. The summed E-state index contributed by atoms with van der Waals surface area (Å²) in [6.07, 6.45) is 1.80. The molecule has 0 unspecified atom stereocenters. The van der Waals surface area contributed by atoms with Gasteiger partial charge in [0.1, 0.15) is 5.75 Å². The van der Waals surface area contributed by atoms with Gasteiger partial charge in [0.15, 0.2) is 0 Å². The topological polar surface area (TPSA) is 48.1 Å². The first-order chi connectivity index (χ1) is 9.83. The Morgan fingerprint density at radius 2 is 2.20 bits per heavy atom. The molecule has 2 N–H and O–H groups in total. The molecular formula is C16H16N2OS. The van der Waals surface area contributed by atoms with Crippen LogP contribution in [0.15, 0.2) is 47.6 Å². The van der Waals surface area contributed by atoms with E-state index in [4.69, 9.17) is 10.5 Å². The molecule has 2 rings (SSSR count). The highest BCUT2D eigenvalue weighted by Gasteiger charge is 2.03. The summed E-state index contributed by atoms with van der Waals surface area (Å²) < 4.78 is 5.30. The summed E-state index contributed by atoms with van der Waals surface area (Å²) in [5.41, 5.74) is 7.47. The highest BCUT2D eigenvalue weighted by Crippen LogP contribution is 2.24. The summed E-state index contributed by atoms with van der Waals surface area (Å²) in [7, 11) is 1.64. The minimum absolute atomic E-state index is 0.343. The van der Waals surface area contributed by atoms with Gasteiger partial charge in [-0.25, -0.2) is 4.98 Å². The number of hydrogen-bond acceptors (Lipinski definition) is 4. The van der Waals surface area contributed by atoms with Crippen molar-refractivity contribution in [1.82, 2.24) is 4.98 Å². The number of hydrogen-bond donors (Lipinski definition) is 1. The SMILES string of the molecule is COc1ccc(CSc2ccccn2)cc1C#CCN. The minimum Gasteiger partial charge on any atom is -0.495 e. The molecule has 0 bridgehead atoms. The minimum atomic E-state index is 0.343. The summed E-state index contributed by atoms with van der Waals surface area (Å²) >= 11 is 1.69. The molecule has 0 aliphatic carbocycles. The normalized spacial score (nSPS) is 9.70. The second-order valence-electron chi connectivity index (χ2n) is 4.00. The molecule has 20 heavy (non-hydrogen) atoms. The van der Waals surface area contributed by atoms with Crippen molar-refractivity contribution in [3.63, 3.8) is 0 Å². The van der Waals surface area contributed by atoms with Gasteiger partial charge in [-0.05, 0) is 29.8 Å². The number of benzene rings is 1. The lowest BCUT2D eigenvalue weighted by molar-refractivity contribution is 0.413. The van der Waals surface area contributed by atoms with Gasteiger partial charge in [-0.2, -0.15) is 0 Å². The van der Waals surface area contributed by atoms with Gasteiger partial charge >= 0.3 is 0 Å². The molecule has 4 heteroatoms. The fraction of sp³-hybridized carbons (Fsp3) is 0.188. The third-order valence-electron chi connectivity index (χ3n) is 2.61. The van der Waals surface area contributed by atoms with Gasteiger partial charge < -0.3 is 10.5 Å². The van der Waals surface area contributed by atoms with Gasteiger partial charge in [0, 0.05) is 11.9 Å². The van der Waals surface area contributed by atoms with Crippen LogP contribution < -0.4 is 10.5 Å². The van der Waals surface area contributed by atoms with Crippen LogP contribution in [0.4, 0.5) is 0 Å². The monoisotopic (exact) mass is 284 g/mol. The molecule has 2 aromatic rings. The predicted molar refractivity (Wildman–Crippen MR) is 82.7 cm³/mol. The molecule has 0 atom stereocenters. The van der Waals surface area contributed by atoms with Crippen LogP contribution in [-0.2, 0) is 5.75 Å². The lowest BCUT2D eigenvalue weighted by Crippen LogP contribution is -1.94. The van der Waals surface area contributed by atoms with Gasteiger partial charge in [0.2, 0.25) is 0 Å². The number of ether oxygens (including phenoxy) is 1. The van der Waals surface area contributed by atoms with Crippen molar-refractivity contribution in [2.45, 2.75) is 10.8 Å². The zero-order valence-electron chi connectivity index (χ0n) is 11.3. The molecular weight excluding hydrogens is 268 g/mol. The van der Waals surface area contributed by atoms with E-state index in [1.54, 1.807) is 25.1 Å². The van der Waals surface area contributed by atoms with Crippen LogP contribution in [-0.4, -0.2) is 18.6 Å². The van der Waals surface area contributed by atoms with Crippen LogP contribution in [0.2, 0.25) is 0 Å². The zero-order chi connectivity index (χ0) is 14.2. The van der Waals surface area contributed by atoms with E-state index >= 15 is 0 Å². The third-order valence-corrected chi connectivity index (χ3v) is 3.63. The Balaban J connectivity index is 2.12. The first kappa shape index (κ1) is 14.4. The molecule has 0 saturated carbocycles. The summed E-state index contributed by atoms with van der Waals surface area (Å²) in [5, 5.41) is 1.01. The lowest BCUT2D eigenvalue weighted by Gasteiger charge is -2.06. The maximum Gasteiger partial charge on any atom is 0.134 e. The average Bonchev–Trinajstić information content (AvgIpc) is 2.52. The quantitative estimate of drug-likeness (QED) is 0.693. The summed E-state index contributed by atoms with van der Waals surface area (Å²) in [6, 6.07) is 11.9. The second kappa shape index (κ2) is 7.59. The Labute approximate surface area is 123 Å². The van der Waals surface area contributed by atoms with E-state index in [-0.39, 0.29) is 0 Å². The Kier molecular flexibility index (Phi) is 5.48. The molecule has 0 saturated heterocycles. The first-order valence-electron chi connectivity index (χ1n) is 6.23. The molecule has 0 spiro atoms. The van der Waals surface area contributed by atoms with Gasteiger partial charge in [0.25, 0.3) is 0 Å². The number of nitrogens with two attached hydrogens (primary N) is 1. The van der Waals surface area contributed by atoms with E-state index < -0.39 is 0 Å². The van der Waals surface area contributed by atoms with Crippen LogP contribution >= 0.6 is 11.8 Å².